The fraction of sp³-hybridized carbons (Fsp3) is 0.400. The maximum absolute atomic E-state index is 13.3. The highest BCUT2D eigenvalue weighted by Gasteiger charge is 2.38. The molecule has 0 bridgehead atoms. The van der Waals surface area contributed by atoms with Gasteiger partial charge in [-0.3, -0.25) is 0 Å². The van der Waals surface area contributed by atoms with Crippen LogP contribution >= 0.6 is 24.0 Å². The van der Waals surface area contributed by atoms with Crippen molar-refractivity contribution in [3.63, 3.8) is 0 Å². The van der Waals surface area contributed by atoms with Crippen LogP contribution in [0, 0.1) is 5.82 Å². The standard InChI is InChI=1S/C10H10ClF4NO.ClH/c11-5-2-1-3-6(12)9(5)7(17)4-8(16)10(13,14)15;/h1-3,7-8,17H,4,16H2;1H/t7-,8+;/m1./s1. The number of hydrogen-bond donors (Lipinski definition) is 2. The van der Waals surface area contributed by atoms with E-state index in [4.69, 9.17) is 17.3 Å². The fourth-order valence-corrected chi connectivity index (χ4v) is 1.61. The molecule has 2 nitrogen and oxygen atoms in total. The monoisotopic (exact) mass is 307 g/mol. The lowest BCUT2D eigenvalue weighted by molar-refractivity contribution is -0.154. The Morgan fingerprint density at radius 1 is 1.33 bits per heavy atom. The molecule has 0 aliphatic carbocycles. The van der Waals surface area contributed by atoms with Crippen molar-refractivity contribution < 1.29 is 22.7 Å². The van der Waals surface area contributed by atoms with Crippen molar-refractivity contribution in [1.82, 2.24) is 0 Å². The van der Waals surface area contributed by atoms with Crippen LogP contribution in [0.3, 0.4) is 0 Å². The van der Waals surface area contributed by atoms with Crippen molar-refractivity contribution in [2.24, 2.45) is 5.73 Å². The second-order valence-corrected chi connectivity index (χ2v) is 3.94. The molecule has 0 spiro atoms. The van der Waals surface area contributed by atoms with Gasteiger partial charge in [0.05, 0.1) is 6.10 Å². The molecule has 104 valence electrons. The van der Waals surface area contributed by atoms with Gasteiger partial charge in [-0.1, -0.05) is 17.7 Å². The second-order valence-electron chi connectivity index (χ2n) is 3.53. The minimum atomic E-state index is -4.64. The number of rotatable bonds is 3. The number of hydrogen-bond acceptors (Lipinski definition) is 2. The third-order valence-electron chi connectivity index (χ3n) is 2.23. The lowest BCUT2D eigenvalue weighted by Gasteiger charge is -2.20. The van der Waals surface area contributed by atoms with E-state index in [9.17, 15) is 22.7 Å². The number of nitrogens with two attached hydrogens (primary N) is 1. The molecule has 0 saturated heterocycles. The zero-order valence-electron chi connectivity index (χ0n) is 8.92. The number of benzene rings is 1. The average Bonchev–Trinajstić information content (AvgIpc) is 2.15. The van der Waals surface area contributed by atoms with Crippen molar-refractivity contribution in [3.05, 3.63) is 34.6 Å². The lowest BCUT2D eigenvalue weighted by Crippen LogP contribution is -2.38. The SMILES string of the molecule is Cl.N[C@@H](C[C@@H](O)c1c(F)cccc1Cl)C(F)(F)F. The summed E-state index contributed by atoms with van der Waals surface area (Å²) < 4.78 is 49.8. The summed E-state index contributed by atoms with van der Waals surface area (Å²) in [6.45, 7) is 0. The molecular formula is C10H11Cl2F4NO. The summed E-state index contributed by atoms with van der Waals surface area (Å²) in [5.74, 6) is -0.862. The lowest BCUT2D eigenvalue weighted by atomic mass is 10.0. The van der Waals surface area contributed by atoms with Gasteiger partial charge in [-0.15, -0.1) is 12.4 Å². The molecule has 0 heterocycles. The van der Waals surface area contributed by atoms with Crippen molar-refractivity contribution in [2.75, 3.05) is 0 Å². The molecule has 0 fully saturated rings. The van der Waals surface area contributed by atoms with Crippen molar-refractivity contribution in [1.29, 1.82) is 0 Å². The second kappa shape index (κ2) is 6.56. The highest BCUT2D eigenvalue weighted by atomic mass is 35.5. The van der Waals surface area contributed by atoms with Crippen LogP contribution in [0.4, 0.5) is 17.6 Å². The first-order chi connectivity index (χ1) is 7.73. The van der Waals surface area contributed by atoms with Gasteiger partial charge in [-0.25, -0.2) is 4.39 Å². The molecule has 0 amide bonds. The van der Waals surface area contributed by atoms with E-state index in [1.165, 1.54) is 12.1 Å². The van der Waals surface area contributed by atoms with Gasteiger partial charge in [0.2, 0.25) is 0 Å². The summed E-state index contributed by atoms with van der Waals surface area (Å²) in [6.07, 6.45) is -7.18. The molecule has 0 aliphatic rings. The van der Waals surface area contributed by atoms with Crippen LogP contribution in [-0.4, -0.2) is 17.3 Å². The first-order valence-corrected chi connectivity index (χ1v) is 5.05. The van der Waals surface area contributed by atoms with Gasteiger partial charge in [0.1, 0.15) is 11.9 Å². The first kappa shape index (κ1) is 17.4. The van der Waals surface area contributed by atoms with Crippen LogP contribution in [0.15, 0.2) is 18.2 Å². The quantitative estimate of drug-likeness (QED) is 0.842. The van der Waals surface area contributed by atoms with E-state index >= 15 is 0 Å². The minimum Gasteiger partial charge on any atom is -0.388 e. The summed E-state index contributed by atoms with van der Waals surface area (Å²) in [5, 5.41) is 9.38. The molecule has 2 atom stereocenters. The largest absolute Gasteiger partial charge is 0.403 e. The Morgan fingerprint density at radius 3 is 2.33 bits per heavy atom. The Balaban J connectivity index is 0.00000289. The Kier molecular flexibility index (Phi) is 6.36. The highest BCUT2D eigenvalue weighted by Crippen LogP contribution is 2.31. The Hall–Kier alpha value is -0.560. The molecule has 1 aromatic rings. The maximum Gasteiger partial charge on any atom is 0.403 e. The third-order valence-corrected chi connectivity index (χ3v) is 2.56. The summed E-state index contributed by atoms with van der Waals surface area (Å²) >= 11 is 5.60. The van der Waals surface area contributed by atoms with Gasteiger partial charge in [0.25, 0.3) is 0 Å². The van der Waals surface area contributed by atoms with Crippen molar-refractivity contribution in [3.8, 4) is 0 Å². The number of alkyl halides is 3. The predicted molar refractivity (Wildman–Crippen MR) is 62.3 cm³/mol. The number of aliphatic hydroxyl groups is 1. The summed E-state index contributed by atoms with van der Waals surface area (Å²) in [7, 11) is 0. The van der Waals surface area contributed by atoms with E-state index in [-0.39, 0.29) is 23.0 Å². The molecule has 0 aliphatic heterocycles. The Labute approximate surface area is 112 Å². The normalized spacial score (nSPS) is 14.8. The topological polar surface area (TPSA) is 46.2 Å². The van der Waals surface area contributed by atoms with Crippen molar-refractivity contribution in [2.45, 2.75) is 24.7 Å². The average molecular weight is 308 g/mol. The first-order valence-electron chi connectivity index (χ1n) is 4.67. The van der Waals surface area contributed by atoms with Gasteiger partial charge in [0, 0.05) is 17.0 Å². The smallest absolute Gasteiger partial charge is 0.388 e. The van der Waals surface area contributed by atoms with Crippen LogP contribution in [-0.2, 0) is 0 Å². The zero-order chi connectivity index (χ0) is 13.2. The summed E-state index contributed by atoms with van der Waals surface area (Å²) in [6, 6.07) is 1.34. The molecule has 3 N–H and O–H groups in total. The number of halogens is 6. The highest BCUT2D eigenvalue weighted by molar-refractivity contribution is 6.31. The van der Waals surface area contributed by atoms with E-state index < -0.39 is 30.6 Å². The van der Waals surface area contributed by atoms with Gasteiger partial charge in [0.15, 0.2) is 0 Å². The molecule has 0 aromatic heterocycles. The molecule has 18 heavy (non-hydrogen) atoms. The molecule has 1 rings (SSSR count). The molecule has 1 aromatic carbocycles. The van der Waals surface area contributed by atoms with E-state index in [0.717, 1.165) is 6.07 Å². The van der Waals surface area contributed by atoms with Gasteiger partial charge in [-0.2, -0.15) is 13.2 Å². The maximum atomic E-state index is 13.3. The molecule has 8 heteroatoms. The Morgan fingerprint density at radius 2 is 1.89 bits per heavy atom. The molecule has 0 unspecified atom stereocenters. The van der Waals surface area contributed by atoms with Crippen LogP contribution < -0.4 is 5.73 Å². The van der Waals surface area contributed by atoms with E-state index in [1.54, 1.807) is 0 Å². The molecule has 0 radical (unpaired) electrons. The zero-order valence-corrected chi connectivity index (χ0v) is 10.5. The van der Waals surface area contributed by atoms with Crippen LogP contribution in [0.1, 0.15) is 18.1 Å². The third kappa shape index (κ3) is 4.28. The van der Waals surface area contributed by atoms with Crippen LogP contribution in [0.5, 0.6) is 0 Å². The summed E-state index contributed by atoms with van der Waals surface area (Å²) in [4.78, 5) is 0. The fourth-order valence-electron chi connectivity index (χ4n) is 1.32. The van der Waals surface area contributed by atoms with Gasteiger partial charge in [-0.05, 0) is 12.1 Å². The van der Waals surface area contributed by atoms with Gasteiger partial charge >= 0.3 is 6.18 Å². The van der Waals surface area contributed by atoms with Crippen LogP contribution in [0.25, 0.3) is 0 Å². The molecule has 0 saturated carbocycles. The Bertz CT molecular complexity index is 380. The van der Waals surface area contributed by atoms with E-state index in [1.807, 2.05) is 0 Å². The predicted octanol–water partition coefficient (Wildman–Crippen LogP) is 3.21. The van der Waals surface area contributed by atoms with Crippen LogP contribution in [0.2, 0.25) is 5.02 Å². The molecular weight excluding hydrogens is 297 g/mol. The van der Waals surface area contributed by atoms with Gasteiger partial charge < -0.3 is 10.8 Å². The number of aliphatic hydroxyl groups excluding tert-OH is 1. The summed E-state index contributed by atoms with van der Waals surface area (Å²) in [5.41, 5.74) is 4.47. The van der Waals surface area contributed by atoms with E-state index in [0.29, 0.717) is 0 Å². The van der Waals surface area contributed by atoms with E-state index in [2.05, 4.69) is 0 Å². The minimum absolute atomic E-state index is 0. The van der Waals surface area contributed by atoms with Crippen molar-refractivity contribution >= 4 is 24.0 Å².